The molecule has 0 saturated heterocycles. The Morgan fingerprint density at radius 2 is 2.00 bits per heavy atom. The molecular weight excluding hydrogens is 305 g/mol. The molecule has 2 amide bonds. The maximum absolute atomic E-state index is 12.8. The number of anilines is 1. The molecule has 0 radical (unpaired) electrons. The second-order valence-corrected chi connectivity index (χ2v) is 5.71. The average Bonchev–Trinajstić information content (AvgIpc) is 2.98. The minimum absolute atomic E-state index is 0.0531. The van der Waals surface area contributed by atoms with Gasteiger partial charge < -0.3 is 10.6 Å². The molecule has 1 aromatic heterocycles. The van der Waals surface area contributed by atoms with Crippen LogP contribution in [-0.4, -0.2) is 23.3 Å². The summed E-state index contributed by atoms with van der Waals surface area (Å²) in [6.07, 6.45) is 1.82. The second-order valence-electron chi connectivity index (χ2n) is 4.82. The van der Waals surface area contributed by atoms with Crippen LogP contribution in [0, 0.1) is 5.82 Å². The Bertz CT molecular complexity index is 629. The molecule has 0 aliphatic rings. The number of thiazole rings is 1. The zero-order valence-electron chi connectivity index (χ0n) is 12.0. The van der Waals surface area contributed by atoms with Crippen LogP contribution in [-0.2, 0) is 9.59 Å². The van der Waals surface area contributed by atoms with Gasteiger partial charge in [-0.2, -0.15) is 0 Å². The lowest BCUT2D eigenvalue weighted by Gasteiger charge is -2.12. The van der Waals surface area contributed by atoms with Crippen molar-refractivity contribution in [3.63, 3.8) is 0 Å². The molecule has 0 bridgehead atoms. The lowest BCUT2D eigenvalue weighted by Crippen LogP contribution is -2.33. The molecule has 1 heterocycles. The summed E-state index contributed by atoms with van der Waals surface area (Å²) in [6, 6.07) is 6.04. The van der Waals surface area contributed by atoms with Crippen LogP contribution in [0.1, 0.15) is 24.8 Å². The van der Waals surface area contributed by atoms with Crippen LogP contribution >= 0.6 is 11.3 Å². The van der Waals surface area contributed by atoms with Crippen molar-refractivity contribution in [1.82, 2.24) is 10.3 Å². The monoisotopic (exact) mass is 321 g/mol. The molecule has 116 valence electrons. The molecule has 0 spiro atoms. The highest BCUT2D eigenvalue weighted by Crippen LogP contribution is 2.19. The topological polar surface area (TPSA) is 71.1 Å². The Labute approximate surface area is 131 Å². The van der Waals surface area contributed by atoms with Crippen molar-refractivity contribution in [3.8, 4) is 0 Å². The van der Waals surface area contributed by atoms with E-state index in [1.807, 2.05) is 6.92 Å². The van der Waals surface area contributed by atoms with Crippen molar-refractivity contribution in [2.45, 2.75) is 19.3 Å². The Morgan fingerprint density at radius 3 is 2.64 bits per heavy atom. The number of nitrogens with one attached hydrogen (secondary N) is 2. The van der Waals surface area contributed by atoms with Crippen LogP contribution in [0.3, 0.4) is 0 Å². The molecule has 0 fully saturated rings. The average molecular weight is 321 g/mol. The number of rotatable bonds is 6. The molecule has 0 unspecified atom stereocenters. The number of amides is 2. The van der Waals surface area contributed by atoms with Gasteiger partial charge in [-0.25, -0.2) is 9.37 Å². The maximum Gasteiger partial charge on any atom is 0.245 e. The van der Waals surface area contributed by atoms with E-state index in [1.165, 1.54) is 23.5 Å². The molecular formula is C15H16FN3O2S. The predicted octanol–water partition coefficient (Wildman–Crippen LogP) is 2.53. The summed E-state index contributed by atoms with van der Waals surface area (Å²) < 4.78 is 12.8. The highest BCUT2D eigenvalue weighted by Gasteiger charge is 2.12. The third-order valence-electron chi connectivity index (χ3n) is 3.06. The number of hydrogen-bond donors (Lipinski definition) is 2. The van der Waals surface area contributed by atoms with Crippen molar-refractivity contribution in [3.05, 3.63) is 47.2 Å². The Hall–Kier alpha value is -2.28. The van der Waals surface area contributed by atoms with E-state index in [9.17, 15) is 14.0 Å². The summed E-state index contributed by atoms with van der Waals surface area (Å²) in [7, 11) is 0. The first-order valence-corrected chi connectivity index (χ1v) is 7.64. The number of benzene rings is 1. The highest BCUT2D eigenvalue weighted by molar-refractivity contribution is 7.13. The van der Waals surface area contributed by atoms with Gasteiger partial charge in [0.05, 0.1) is 6.54 Å². The Morgan fingerprint density at radius 1 is 1.27 bits per heavy atom. The minimum atomic E-state index is -0.322. The molecule has 0 saturated carbocycles. The molecule has 2 N–H and O–H groups in total. The van der Waals surface area contributed by atoms with E-state index in [4.69, 9.17) is 0 Å². The molecule has 0 aliphatic carbocycles. The van der Waals surface area contributed by atoms with Gasteiger partial charge in [0.2, 0.25) is 11.8 Å². The first-order valence-electron chi connectivity index (χ1n) is 6.76. The minimum Gasteiger partial charge on any atom is -0.347 e. The summed E-state index contributed by atoms with van der Waals surface area (Å²) in [6.45, 7) is 1.77. The SMILES string of the molecule is C[C@H](CC(=O)NCC(=O)Nc1nccs1)c1ccc(F)cc1. The van der Waals surface area contributed by atoms with Crippen molar-refractivity contribution in [2.24, 2.45) is 0 Å². The largest absolute Gasteiger partial charge is 0.347 e. The van der Waals surface area contributed by atoms with Gasteiger partial charge >= 0.3 is 0 Å². The zero-order valence-corrected chi connectivity index (χ0v) is 12.8. The number of halogens is 1. The summed E-state index contributed by atoms with van der Waals surface area (Å²) in [5.41, 5.74) is 0.879. The first kappa shape index (κ1) is 16.1. The molecule has 0 aliphatic heterocycles. The standard InChI is InChI=1S/C15H16FN3O2S/c1-10(11-2-4-12(16)5-3-11)8-13(20)18-9-14(21)19-15-17-6-7-22-15/h2-7,10H,8-9H2,1H3,(H,18,20)(H,17,19,21)/t10-/m1/s1. The predicted molar refractivity (Wildman–Crippen MR) is 83.2 cm³/mol. The number of nitrogens with zero attached hydrogens (tertiary/aromatic N) is 1. The summed E-state index contributed by atoms with van der Waals surface area (Å²) in [5, 5.41) is 7.39. The third-order valence-corrected chi connectivity index (χ3v) is 3.74. The Balaban J connectivity index is 1.75. The van der Waals surface area contributed by atoms with Crippen LogP contribution in [0.5, 0.6) is 0 Å². The van der Waals surface area contributed by atoms with Gasteiger partial charge in [-0.15, -0.1) is 11.3 Å². The van der Waals surface area contributed by atoms with E-state index in [1.54, 1.807) is 23.7 Å². The second kappa shape index (κ2) is 7.65. The van der Waals surface area contributed by atoms with Gasteiger partial charge in [-0.1, -0.05) is 19.1 Å². The van der Waals surface area contributed by atoms with E-state index >= 15 is 0 Å². The van der Waals surface area contributed by atoms with Gasteiger partial charge in [-0.05, 0) is 23.6 Å². The first-order chi connectivity index (χ1) is 10.5. The third kappa shape index (κ3) is 4.92. The summed E-state index contributed by atoms with van der Waals surface area (Å²) in [5.74, 6) is -0.911. The van der Waals surface area contributed by atoms with E-state index in [0.717, 1.165) is 5.56 Å². The molecule has 2 aromatic rings. The van der Waals surface area contributed by atoms with Gasteiger partial charge in [0.25, 0.3) is 0 Å². The molecule has 1 atom stereocenters. The molecule has 22 heavy (non-hydrogen) atoms. The van der Waals surface area contributed by atoms with E-state index in [-0.39, 0.29) is 36.5 Å². The van der Waals surface area contributed by atoms with Crippen LogP contribution in [0.25, 0.3) is 0 Å². The van der Waals surface area contributed by atoms with E-state index < -0.39 is 0 Å². The zero-order chi connectivity index (χ0) is 15.9. The fraction of sp³-hybridized carbons (Fsp3) is 0.267. The normalized spacial score (nSPS) is 11.7. The van der Waals surface area contributed by atoms with Crippen LogP contribution in [0.4, 0.5) is 9.52 Å². The lowest BCUT2D eigenvalue weighted by atomic mass is 9.97. The smallest absolute Gasteiger partial charge is 0.245 e. The fourth-order valence-corrected chi connectivity index (χ4v) is 2.43. The van der Waals surface area contributed by atoms with Crippen LogP contribution in [0.15, 0.2) is 35.8 Å². The van der Waals surface area contributed by atoms with Crippen molar-refractivity contribution < 1.29 is 14.0 Å². The fourth-order valence-electron chi connectivity index (χ4n) is 1.89. The van der Waals surface area contributed by atoms with Crippen molar-refractivity contribution in [2.75, 3.05) is 11.9 Å². The number of aromatic nitrogens is 1. The van der Waals surface area contributed by atoms with Crippen LogP contribution in [0.2, 0.25) is 0 Å². The Kier molecular flexibility index (Phi) is 5.60. The molecule has 1 aromatic carbocycles. The molecule has 7 heteroatoms. The number of carbonyl (C=O) groups is 2. The maximum atomic E-state index is 12.8. The van der Waals surface area contributed by atoms with Gasteiger partial charge in [-0.3, -0.25) is 9.59 Å². The molecule has 2 rings (SSSR count). The lowest BCUT2D eigenvalue weighted by molar-refractivity contribution is -0.124. The van der Waals surface area contributed by atoms with Gasteiger partial charge in [0.1, 0.15) is 5.82 Å². The van der Waals surface area contributed by atoms with Crippen molar-refractivity contribution in [1.29, 1.82) is 0 Å². The van der Waals surface area contributed by atoms with Crippen molar-refractivity contribution >= 4 is 28.3 Å². The quantitative estimate of drug-likeness (QED) is 0.859. The summed E-state index contributed by atoms with van der Waals surface area (Å²) in [4.78, 5) is 27.4. The summed E-state index contributed by atoms with van der Waals surface area (Å²) >= 11 is 1.31. The number of carbonyl (C=O) groups excluding carboxylic acids is 2. The van der Waals surface area contributed by atoms with Crippen LogP contribution < -0.4 is 10.6 Å². The van der Waals surface area contributed by atoms with E-state index in [0.29, 0.717) is 5.13 Å². The van der Waals surface area contributed by atoms with E-state index in [2.05, 4.69) is 15.6 Å². The number of hydrogen-bond acceptors (Lipinski definition) is 4. The van der Waals surface area contributed by atoms with Gasteiger partial charge in [0, 0.05) is 18.0 Å². The highest BCUT2D eigenvalue weighted by atomic mass is 32.1. The molecule has 5 nitrogen and oxygen atoms in total. The van der Waals surface area contributed by atoms with Gasteiger partial charge in [0.15, 0.2) is 5.13 Å².